The quantitative estimate of drug-likeness (QED) is 0.0373. The fraction of sp³-hybridized carbons (Fsp3) is 0.568. The Bertz CT molecular complexity index is 5160. The number of alkyl halides is 8. The first kappa shape index (κ1) is 90.4. The monoisotopic (exact) mass is 1760 g/mol. The lowest BCUT2D eigenvalue weighted by atomic mass is 9.82. The van der Waals surface area contributed by atoms with Crippen molar-refractivity contribution >= 4 is 90.5 Å². The van der Waals surface area contributed by atoms with Crippen LogP contribution in [0.3, 0.4) is 0 Å². The highest BCUT2D eigenvalue weighted by molar-refractivity contribution is 6.35. The summed E-state index contributed by atoms with van der Waals surface area (Å²) in [6, 6.07) is 1.75. The number of methoxy groups -OCH3 is 1. The Morgan fingerprint density at radius 2 is 0.875 bits per heavy atom. The van der Waals surface area contributed by atoms with Crippen molar-refractivity contribution < 1.29 is 103 Å². The van der Waals surface area contributed by atoms with E-state index in [-0.39, 0.29) is 122 Å². The summed E-state index contributed by atoms with van der Waals surface area (Å²) >= 11 is 23.7. The van der Waals surface area contributed by atoms with E-state index >= 15 is 0 Å². The Morgan fingerprint density at radius 3 is 1.32 bits per heavy atom. The molecule has 12 fully saturated rings. The van der Waals surface area contributed by atoms with E-state index in [0.717, 1.165) is 67.8 Å². The number of nitrogens with one attached hydrogen (secondary N) is 1. The summed E-state index contributed by atoms with van der Waals surface area (Å²) in [7, 11) is 1.71. The molecule has 8 aromatic heterocycles. The van der Waals surface area contributed by atoms with Gasteiger partial charge in [-0.2, -0.15) is 5.26 Å². The van der Waals surface area contributed by atoms with Crippen molar-refractivity contribution in [3.05, 3.63) is 154 Å². The average Bonchev–Trinajstić information content (AvgIpc) is 1.53. The van der Waals surface area contributed by atoms with Crippen molar-refractivity contribution in [1.29, 1.82) is 5.26 Å². The Labute approximate surface area is 704 Å². The minimum Gasteiger partial charge on any atom is -0.388 e. The molecule has 15 heterocycles. The maximum atomic E-state index is 13.6. The Kier molecular flexibility index (Phi) is 25.6. The Balaban J connectivity index is 0.000000125. The molecule has 20 rings (SSSR count). The van der Waals surface area contributed by atoms with Crippen molar-refractivity contribution in [2.75, 3.05) is 7.11 Å². The number of nitrogens with zero attached hydrogens (tertiary/aromatic N) is 12. The number of aromatic amines is 1. The smallest absolute Gasteiger partial charge is 0.266 e. The largest absolute Gasteiger partial charge is 0.388 e. The highest BCUT2D eigenvalue weighted by Crippen LogP contribution is 2.62. The van der Waals surface area contributed by atoms with Crippen LogP contribution < -0.4 is 0 Å². The van der Waals surface area contributed by atoms with E-state index in [9.17, 15) is 60.7 Å². The molecular weight excluding hydrogens is 1670 g/mol. The van der Waals surface area contributed by atoms with Crippen molar-refractivity contribution in [2.45, 2.75) is 267 Å². The van der Waals surface area contributed by atoms with E-state index in [2.05, 4.69) is 84.7 Å². The predicted octanol–water partition coefficient (Wildman–Crippen LogP) is 16.6. The summed E-state index contributed by atoms with van der Waals surface area (Å²) in [6.07, 6.45) is -1.01. The van der Waals surface area contributed by atoms with Crippen LogP contribution in [0.1, 0.15) is 193 Å². The molecule has 5 saturated carbocycles. The number of ether oxygens (including phenoxy) is 9. The molecule has 120 heavy (non-hydrogen) atoms. The number of rotatable bonds is 7. The molecule has 7 saturated heterocycles. The fourth-order valence-electron chi connectivity index (χ4n) is 18.1. The van der Waals surface area contributed by atoms with Crippen LogP contribution in [0.4, 0.5) is 35.1 Å². The summed E-state index contributed by atoms with van der Waals surface area (Å²) in [5.74, 6) is -0.809. The SMILES string of the molecule is C=C1CC[C@@]2(C)[C@@H]1OC(O)[C@@H]2O.C=C1CC[C@@]2(C)[C@@H]1O[C@@H](n1cc(C(F)F)c3c(Cl)ncnc31)[C@@H]2O.C=C1CC[C@@]2(C)[C@@H]1O[C@@H]1O[C@@H]12.C=C1CC[C@@]2(O)[C@@H]1O[C@@H](n1cc(C(F)F)c3c(Cl)ncnc31)[C@@H]2O.C=C1CC[C@]23OC(C)(C)O[C@H]2[C@H](n2cc(C(F)F)c4c(Cl)ncnc42)O[C@H]13.CC#N.COC(C)(C)C.FC(F)c1c[nH]c2ncnc(Cl)c12. The van der Waals surface area contributed by atoms with Gasteiger partial charge in [0.1, 0.15) is 122 Å². The van der Waals surface area contributed by atoms with Gasteiger partial charge in [0.15, 0.2) is 37.1 Å². The standard InChI is InChI=1S/C18H18ClF2N3O3.C16H16ClF2N3O2.C15H14ClF2N3O3.C9H14O3.C9H12O2.C7H4ClF2N3.C5H12O.C2H3N/c1-8-4-5-18-11(8)25-16(12(18)26-17(2,3)27-18)24-6-9(14(20)21)10-13(19)22-7-23-15(10)24;1-7-3-4-16(2)10(23)15(24-11(7)16)22-5-8(13(18)19)9-12(17)20-6-21-14(9)22;1-6-2-3-15(23)9(22)14(24-10(6)15)21-4-7(12(17)18)8-11(16)19-5-20-13(8)21;1-5-3-4-9(2)6(10)8(11)12-7(5)9;1-5-3-4-9(2)6(5)10-8-7(9)11-8;8-5-4-3(6(9)10)1-11-7(4)13-2-12-5;1-5(2,3)6-4;1-2-3/h6-7,11-12,14,16H,1,4-5H2,2-3H3;5-6,10-11,13,15,23H,1,3-4H2,2H3;4-5,9-10,12,14,22-23H,1-3H2;6-8,10-11H,1,3-4H2,2H3;6-8H,1,3-4H2,2H3;1-2,6H,(H,11,12,13);1-4H3;1H3/t11-,12+,16-,18-;10-,11+,15+,16+;9-,10+,14+,15-;6-,7+,8?,9+;6-,7+,8-,9+;;;/m10001.../s1. The van der Waals surface area contributed by atoms with Gasteiger partial charge in [0, 0.05) is 77.3 Å². The zero-order valence-electron chi connectivity index (χ0n) is 67.0. The molecule has 7 aliphatic heterocycles. The molecule has 650 valence electrons. The van der Waals surface area contributed by atoms with Gasteiger partial charge < -0.3 is 86.8 Å². The van der Waals surface area contributed by atoms with Crippen LogP contribution in [0.2, 0.25) is 20.6 Å². The highest BCUT2D eigenvalue weighted by Gasteiger charge is 2.70. The van der Waals surface area contributed by atoms with Crippen molar-refractivity contribution in [2.24, 2.45) is 16.2 Å². The van der Waals surface area contributed by atoms with Crippen molar-refractivity contribution in [1.82, 2.24) is 58.6 Å². The topological polar surface area (TPSA) is 345 Å². The minimum atomic E-state index is -2.80. The first-order valence-corrected chi connectivity index (χ1v) is 40.0. The summed E-state index contributed by atoms with van der Waals surface area (Å²) < 4.78 is 161. The molecule has 0 bridgehead atoms. The second kappa shape index (κ2) is 34.0. The third-order valence-electron chi connectivity index (χ3n) is 24.5. The lowest BCUT2D eigenvalue weighted by Gasteiger charge is -2.27. The molecule has 6 N–H and O–H groups in total. The molecule has 0 aromatic carbocycles. The van der Waals surface area contributed by atoms with Gasteiger partial charge in [0.25, 0.3) is 25.7 Å². The number of hydrogen-bond donors (Lipinski definition) is 6. The number of H-pyrrole nitrogens is 1. The number of halogens is 12. The lowest BCUT2D eigenvalue weighted by molar-refractivity contribution is -0.204. The average molecular weight is 1770 g/mol. The van der Waals surface area contributed by atoms with Crippen molar-refractivity contribution in [3.63, 3.8) is 0 Å². The molecule has 8 aromatic rings. The van der Waals surface area contributed by atoms with Gasteiger partial charge in [-0.15, -0.1) is 0 Å². The van der Waals surface area contributed by atoms with Gasteiger partial charge >= 0.3 is 0 Å². The fourth-order valence-corrected chi connectivity index (χ4v) is 19.0. The zero-order chi connectivity index (χ0) is 87.5. The normalized spacial score (nSPS) is 33.6. The highest BCUT2D eigenvalue weighted by atomic mass is 35.5. The molecule has 1 spiro atoms. The predicted molar refractivity (Wildman–Crippen MR) is 422 cm³/mol. The summed E-state index contributed by atoms with van der Waals surface area (Å²) in [5.41, 5.74) is 2.03. The molecule has 20 atom stereocenters. The van der Waals surface area contributed by atoms with Crippen LogP contribution in [-0.2, 0) is 42.6 Å². The number of aliphatic hydroxyl groups excluding tert-OH is 4. The summed E-state index contributed by atoms with van der Waals surface area (Å²) in [4.78, 5) is 33.6. The number of nitriles is 1. The van der Waals surface area contributed by atoms with Crippen LogP contribution in [0.25, 0.3) is 44.1 Å². The molecule has 27 nitrogen and oxygen atoms in total. The first-order chi connectivity index (χ1) is 56.4. The molecular formula is C81H93Cl4F8N13O14. The molecule has 5 aliphatic carbocycles. The van der Waals surface area contributed by atoms with Crippen LogP contribution in [0, 0.1) is 27.6 Å². The Morgan fingerprint density at radius 1 is 0.500 bits per heavy atom. The minimum absolute atomic E-state index is 0.00726. The number of aromatic nitrogens is 12. The zero-order valence-corrected chi connectivity index (χ0v) is 70.0. The third-order valence-corrected chi connectivity index (χ3v) is 25.7. The maximum absolute atomic E-state index is 13.6. The van der Waals surface area contributed by atoms with E-state index in [1.165, 1.54) is 65.6 Å². The molecule has 39 heteroatoms. The van der Waals surface area contributed by atoms with E-state index < -0.39 is 104 Å². The van der Waals surface area contributed by atoms with Crippen molar-refractivity contribution in [3.8, 4) is 6.07 Å². The second-order valence-corrected chi connectivity index (χ2v) is 35.1. The molecule has 1 unspecified atom stereocenters. The lowest BCUT2D eigenvalue weighted by Crippen LogP contribution is -2.44. The van der Waals surface area contributed by atoms with Gasteiger partial charge in [0.05, 0.1) is 51.5 Å². The van der Waals surface area contributed by atoms with Crippen LogP contribution >= 0.6 is 46.4 Å². The number of aliphatic hydroxyl groups is 5. The second-order valence-electron chi connectivity index (χ2n) is 33.6. The summed E-state index contributed by atoms with van der Waals surface area (Å²) in [6.45, 7) is 37.1. The van der Waals surface area contributed by atoms with E-state index in [0.29, 0.717) is 42.7 Å². The molecule has 0 radical (unpaired) electrons. The van der Waals surface area contributed by atoms with Crippen LogP contribution in [0.15, 0.2) is 111 Å². The van der Waals surface area contributed by atoms with Crippen LogP contribution in [0.5, 0.6) is 0 Å². The number of fused-ring (bicyclic) bond motifs is 10. The third kappa shape index (κ3) is 16.1. The number of epoxide rings is 1. The molecule has 12 aliphatic rings. The van der Waals surface area contributed by atoms with E-state index in [1.54, 1.807) is 17.7 Å². The van der Waals surface area contributed by atoms with Gasteiger partial charge in [-0.25, -0.2) is 75.0 Å². The first-order valence-electron chi connectivity index (χ1n) is 38.5. The van der Waals surface area contributed by atoms with Gasteiger partial charge in [0.2, 0.25) is 0 Å². The number of hydrogen-bond acceptors (Lipinski definition) is 23. The van der Waals surface area contributed by atoms with Gasteiger partial charge in [-0.3, -0.25) is 0 Å². The van der Waals surface area contributed by atoms with E-state index in [1.807, 2.05) is 48.5 Å². The van der Waals surface area contributed by atoms with Crippen LogP contribution in [-0.4, -0.2) is 187 Å². The summed E-state index contributed by atoms with van der Waals surface area (Å²) in [5, 5.41) is 58.6. The van der Waals surface area contributed by atoms with E-state index in [4.69, 9.17) is 94.3 Å². The van der Waals surface area contributed by atoms with Gasteiger partial charge in [-0.1, -0.05) is 100 Å². The Hall–Kier alpha value is -7.29. The maximum Gasteiger partial charge on any atom is 0.266 e. The van der Waals surface area contributed by atoms with Gasteiger partial charge in [-0.05, 0) is 127 Å². The molecule has 0 amide bonds.